The van der Waals surface area contributed by atoms with Crippen LogP contribution in [0.2, 0.25) is 0 Å². The summed E-state index contributed by atoms with van der Waals surface area (Å²) in [5.41, 5.74) is 1.46. The molecule has 16 heavy (non-hydrogen) atoms. The quantitative estimate of drug-likeness (QED) is 0.823. The molecule has 1 aliphatic carbocycles. The summed E-state index contributed by atoms with van der Waals surface area (Å²) >= 11 is 0. The van der Waals surface area contributed by atoms with E-state index in [-0.39, 0.29) is 17.6 Å². The number of carboxylic acid groups (broad SMARTS) is 1. The predicted molar refractivity (Wildman–Crippen MR) is 60.6 cm³/mol. The first-order valence-corrected chi connectivity index (χ1v) is 5.55. The maximum absolute atomic E-state index is 10.9. The average molecular weight is 220 g/mol. The van der Waals surface area contributed by atoms with E-state index in [2.05, 4.69) is 0 Å². The highest BCUT2D eigenvalue weighted by molar-refractivity contribution is 5.70. The van der Waals surface area contributed by atoms with Gasteiger partial charge in [0.15, 0.2) is 0 Å². The standard InChI is InChI=1S/C13H16O3/c1-9-3-4-10(11(14)7-9)13(5-2-6-13)8-12(15)16/h3-4,7,14H,2,5-6,8H2,1H3,(H,15,16). The van der Waals surface area contributed by atoms with Crippen molar-refractivity contribution < 1.29 is 15.0 Å². The molecule has 1 aromatic carbocycles. The van der Waals surface area contributed by atoms with Crippen molar-refractivity contribution in [2.75, 3.05) is 0 Å². The summed E-state index contributed by atoms with van der Waals surface area (Å²) in [7, 11) is 0. The van der Waals surface area contributed by atoms with Crippen LogP contribution in [0, 0.1) is 6.92 Å². The molecular formula is C13H16O3. The molecule has 3 heteroatoms. The minimum absolute atomic E-state index is 0.115. The largest absolute Gasteiger partial charge is 0.508 e. The molecule has 1 saturated carbocycles. The fourth-order valence-corrected chi connectivity index (χ4v) is 2.52. The number of aromatic hydroxyl groups is 1. The number of aliphatic carboxylic acids is 1. The van der Waals surface area contributed by atoms with Crippen LogP contribution in [0.5, 0.6) is 5.75 Å². The predicted octanol–water partition coefficient (Wildman–Crippen LogP) is 2.60. The van der Waals surface area contributed by atoms with E-state index in [1.165, 1.54) is 0 Å². The van der Waals surface area contributed by atoms with Gasteiger partial charge in [-0.15, -0.1) is 0 Å². The third kappa shape index (κ3) is 1.77. The molecule has 0 aliphatic heterocycles. The first-order valence-electron chi connectivity index (χ1n) is 5.55. The van der Waals surface area contributed by atoms with Crippen molar-refractivity contribution >= 4 is 5.97 Å². The number of phenols is 1. The number of rotatable bonds is 3. The molecule has 3 nitrogen and oxygen atoms in total. The Morgan fingerprint density at radius 3 is 2.56 bits per heavy atom. The van der Waals surface area contributed by atoms with Gasteiger partial charge in [-0.1, -0.05) is 18.6 Å². The van der Waals surface area contributed by atoms with Gasteiger partial charge in [-0.25, -0.2) is 0 Å². The van der Waals surface area contributed by atoms with Crippen LogP contribution in [0.25, 0.3) is 0 Å². The van der Waals surface area contributed by atoms with Crippen molar-refractivity contribution in [1.29, 1.82) is 0 Å². The minimum atomic E-state index is -0.792. The maximum Gasteiger partial charge on any atom is 0.304 e. The summed E-state index contributed by atoms with van der Waals surface area (Å²) in [6.07, 6.45) is 2.87. The van der Waals surface area contributed by atoms with Gasteiger partial charge >= 0.3 is 5.97 Å². The zero-order valence-electron chi connectivity index (χ0n) is 9.36. The van der Waals surface area contributed by atoms with Gasteiger partial charge in [-0.3, -0.25) is 4.79 Å². The Morgan fingerprint density at radius 1 is 1.44 bits per heavy atom. The lowest BCUT2D eigenvalue weighted by molar-refractivity contribution is -0.139. The molecule has 1 fully saturated rings. The highest BCUT2D eigenvalue weighted by Gasteiger charge is 2.42. The van der Waals surface area contributed by atoms with Crippen LogP contribution in [0.15, 0.2) is 18.2 Å². The summed E-state index contributed by atoms with van der Waals surface area (Å²) in [5, 5.41) is 18.9. The summed E-state index contributed by atoms with van der Waals surface area (Å²) in [4.78, 5) is 10.9. The smallest absolute Gasteiger partial charge is 0.304 e. The van der Waals surface area contributed by atoms with Crippen molar-refractivity contribution in [3.05, 3.63) is 29.3 Å². The monoisotopic (exact) mass is 220 g/mol. The van der Waals surface area contributed by atoms with E-state index in [9.17, 15) is 9.90 Å². The summed E-state index contributed by atoms with van der Waals surface area (Å²) in [5.74, 6) is -0.555. The molecule has 0 aromatic heterocycles. The highest BCUT2D eigenvalue weighted by Crippen LogP contribution is 2.49. The first-order chi connectivity index (χ1) is 7.53. The van der Waals surface area contributed by atoms with Crippen molar-refractivity contribution in [3.63, 3.8) is 0 Å². The summed E-state index contributed by atoms with van der Waals surface area (Å²) in [6, 6.07) is 5.50. The topological polar surface area (TPSA) is 57.5 Å². The number of hydrogen-bond donors (Lipinski definition) is 2. The average Bonchev–Trinajstić information content (AvgIpc) is 2.12. The number of carbonyl (C=O) groups is 1. The van der Waals surface area contributed by atoms with Crippen molar-refractivity contribution in [3.8, 4) is 5.75 Å². The second-order valence-electron chi connectivity index (χ2n) is 4.73. The van der Waals surface area contributed by atoms with Crippen molar-refractivity contribution in [2.45, 2.75) is 38.0 Å². The molecule has 0 saturated heterocycles. The van der Waals surface area contributed by atoms with Gasteiger partial charge in [0, 0.05) is 11.0 Å². The SMILES string of the molecule is Cc1ccc(C2(CC(=O)O)CCC2)c(O)c1. The third-order valence-corrected chi connectivity index (χ3v) is 3.52. The molecule has 0 amide bonds. The Hall–Kier alpha value is -1.51. The molecule has 0 unspecified atom stereocenters. The second-order valence-corrected chi connectivity index (χ2v) is 4.73. The number of aryl methyl sites for hydroxylation is 1. The van der Waals surface area contributed by atoms with Crippen LogP contribution >= 0.6 is 0 Å². The molecule has 2 N–H and O–H groups in total. The molecule has 1 aromatic rings. The molecule has 0 heterocycles. The number of carboxylic acids is 1. The van der Waals surface area contributed by atoms with E-state index in [4.69, 9.17) is 5.11 Å². The van der Waals surface area contributed by atoms with E-state index < -0.39 is 5.97 Å². The summed E-state index contributed by atoms with van der Waals surface area (Å²) < 4.78 is 0. The third-order valence-electron chi connectivity index (χ3n) is 3.52. The van der Waals surface area contributed by atoms with E-state index in [1.54, 1.807) is 6.07 Å². The number of hydrogen-bond acceptors (Lipinski definition) is 2. The van der Waals surface area contributed by atoms with Crippen LogP contribution in [-0.4, -0.2) is 16.2 Å². The van der Waals surface area contributed by atoms with Crippen LogP contribution in [0.3, 0.4) is 0 Å². The molecule has 1 aliphatic rings. The zero-order valence-corrected chi connectivity index (χ0v) is 9.36. The molecule has 0 bridgehead atoms. The molecular weight excluding hydrogens is 204 g/mol. The van der Waals surface area contributed by atoms with Crippen molar-refractivity contribution in [2.24, 2.45) is 0 Å². The molecule has 0 atom stereocenters. The normalized spacial score (nSPS) is 17.8. The maximum atomic E-state index is 10.9. The fraction of sp³-hybridized carbons (Fsp3) is 0.462. The van der Waals surface area contributed by atoms with E-state index >= 15 is 0 Å². The number of phenolic OH excluding ortho intramolecular Hbond substituents is 1. The van der Waals surface area contributed by atoms with Crippen LogP contribution in [-0.2, 0) is 10.2 Å². The lowest BCUT2D eigenvalue weighted by atomic mass is 9.62. The van der Waals surface area contributed by atoms with Gasteiger partial charge in [0.25, 0.3) is 0 Å². The first kappa shape index (κ1) is 11.0. The highest BCUT2D eigenvalue weighted by atomic mass is 16.4. The van der Waals surface area contributed by atoms with Crippen LogP contribution in [0.4, 0.5) is 0 Å². The molecule has 0 spiro atoms. The van der Waals surface area contributed by atoms with Gasteiger partial charge in [-0.05, 0) is 31.4 Å². The van der Waals surface area contributed by atoms with Crippen LogP contribution in [0.1, 0.15) is 36.8 Å². The Morgan fingerprint density at radius 2 is 2.12 bits per heavy atom. The second kappa shape index (κ2) is 3.81. The van der Waals surface area contributed by atoms with E-state index in [0.29, 0.717) is 0 Å². The Balaban J connectivity index is 2.36. The summed E-state index contributed by atoms with van der Waals surface area (Å²) in [6.45, 7) is 1.91. The lowest BCUT2D eigenvalue weighted by Gasteiger charge is -2.41. The number of benzene rings is 1. The van der Waals surface area contributed by atoms with E-state index in [0.717, 1.165) is 30.4 Å². The van der Waals surface area contributed by atoms with Gasteiger partial charge < -0.3 is 10.2 Å². The van der Waals surface area contributed by atoms with E-state index in [1.807, 2.05) is 19.1 Å². The molecule has 0 radical (unpaired) electrons. The van der Waals surface area contributed by atoms with Gasteiger partial charge in [0.2, 0.25) is 0 Å². The Kier molecular flexibility index (Phi) is 2.62. The van der Waals surface area contributed by atoms with Gasteiger partial charge in [0.1, 0.15) is 5.75 Å². The lowest BCUT2D eigenvalue weighted by Crippen LogP contribution is -2.36. The minimum Gasteiger partial charge on any atom is -0.508 e. The van der Waals surface area contributed by atoms with Gasteiger partial charge in [0.05, 0.1) is 6.42 Å². The van der Waals surface area contributed by atoms with Gasteiger partial charge in [-0.2, -0.15) is 0 Å². The zero-order chi connectivity index (χ0) is 11.8. The molecule has 86 valence electrons. The van der Waals surface area contributed by atoms with Crippen molar-refractivity contribution in [1.82, 2.24) is 0 Å². The Bertz CT molecular complexity index is 419. The fourth-order valence-electron chi connectivity index (χ4n) is 2.52. The van der Waals surface area contributed by atoms with Crippen LogP contribution < -0.4 is 0 Å². The molecule has 2 rings (SSSR count). The Labute approximate surface area is 94.7 Å².